The second-order valence-electron chi connectivity index (χ2n) is 5.86. The molecule has 2 amide bonds. The number of nitrogens with one attached hydrogen (secondary N) is 1. The highest BCUT2D eigenvalue weighted by atomic mass is 35.5. The molecule has 2 aromatic carbocycles. The summed E-state index contributed by atoms with van der Waals surface area (Å²) in [5.74, 6) is -0.665. The van der Waals surface area contributed by atoms with Crippen molar-refractivity contribution in [3.8, 4) is 0 Å². The third-order valence-electron chi connectivity index (χ3n) is 4.14. The lowest BCUT2D eigenvalue weighted by molar-refractivity contribution is -0.122. The van der Waals surface area contributed by atoms with Gasteiger partial charge < -0.3 is 10.2 Å². The van der Waals surface area contributed by atoms with Crippen LogP contribution in [0.25, 0.3) is 10.2 Å². The van der Waals surface area contributed by atoms with Crippen LogP contribution in [0.3, 0.4) is 0 Å². The third-order valence-corrected chi connectivity index (χ3v) is 5.33. The summed E-state index contributed by atoms with van der Waals surface area (Å²) < 4.78 is 1.01. The topological polar surface area (TPSA) is 62.3 Å². The molecule has 1 aliphatic rings. The average molecular weight is 372 g/mol. The van der Waals surface area contributed by atoms with Crippen LogP contribution in [0.5, 0.6) is 0 Å². The lowest BCUT2D eigenvalue weighted by Gasteiger charge is -2.16. The molecule has 0 unspecified atom stereocenters. The number of rotatable bonds is 3. The molecule has 0 aliphatic carbocycles. The molecular formula is C18H14ClN3O2S. The van der Waals surface area contributed by atoms with Gasteiger partial charge in [-0.1, -0.05) is 41.1 Å². The molecule has 4 rings (SSSR count). The number of thiazole rings is 1. The molecule has 126 valence electrons. The summed E-state index contributed by atoms with van der Waals surface area (Å²) in [5, 5.41) is 3.96. The summed E-state index contributed by atoms with van der Waals surface area (Å²) in [6, 6.07) is 14.8. The molecule has 5 nitrogen and oxygen atoms in total. The highest BCUT2D eigenvalue weighted by Crippen LogP contribution is 2.29. The van der Waals surface area contributed by atoms with E-state index in [1.807, 2.05) is 30.3 Å². The number of carbonyl (C=O) groups excluding carboxylic acids is 2. The number of aromatic nitrogens is 1. The Kier molecular flexibility index (Phi) is 4.15. The lowest BCUT2D eigenvalue weighted by atomic mass is 10.1. The fraction of sp³-hybridized carbons (Fsp3) is 0.167. The Bertz CT molecular complexity index is 939. The SMILES string of the molecule is O=C(Nc1nc2ccccc2s1)[C@@H]1CC(=O)N(c2cccc(Cl)c2)C1. The summed E-state index contributed by atoms with van der Waals surface area (Å²) >= 11 is 7.42. The zero-order valence-electron chi connectivity index (χ0n) is 13.1. The van der Waals surface area contributed by atoms with Crippen LogP contribution >= 0.6 is 22.9 Å². The number of hydrogen-bond acceptors (Lipinski definition) is 4. The van der Waals surface area contributed by atoms with E-state index in [4.69, 9.17) is 11.6 Å². The van der Waals surface area contributed by atoms with Crippen molar-refractivity contribution < 1.29 is 9.59 Å². The molecule has 7 heteroatoms. The molecule has 0 saturated carbocycles. The molecule has 1 aliphatic heterocycles. The number of fused-ring (bicyclic) bond motifs is 1. The van der Waals surface area contributed by atoms with E-state index in [0.717, 1.165) is 10.2 Å². The van der Waals surface area contributed by atoms with Gasteiger partial charge in [-0.2, -0.15) is 0 Å². The molecule has 1 aromatic heterocycles. The van der Waals surface area contributed by atoms with Gasteiger partial charge in [0, 0.05) is 23.7 Å². The van der Waals surface area contributed by atoms with Crippen molar-refractivity contribution in [3.63, 3.8) is 0 Å². The zero-order valence-corrected chi connectivity index (χ0v) is 14.7. The van der Waals surface area contributed by atoms with Gasteiger partial charge in [0.05, 0.1) is 16.1 Å². The number of anilines is 2. The number of hydrogen-bond donors (Lipinski definition) is 1. The standard InChI is InChI=1S/C18H14ClN3O2S/c19-12-4-3-5-13(9-12)22-10-11(8-16(22)23)17(24)21-18-20-14-6-1-2-7-15(14)25-18/h1-7,9,11H,8,10H2,(H,20,21,24)/t11-/m1/s1. The fourth-order valence-electron chi connectivity index (χ4n) is 2.91. The lowest BCUT2D eigenvalue weighted by Crippen LogP contribution is -2.28. The van der Waals surface area contributed by atoms with E-state index < -0.39 is 5.92 Å². The predicted molar refractivity (Wildman–Crippen MR) is 100 cm³/mol. The highest BCUT2D eigenvalue weighted by molar-refractivity contribution is 7.22. The summed E-state index contributed by atoms with van der Waals surface area (Å²) in [7, 11) is 0. The summed E-state index contributed by atoms with van der Waals surface area (Å²) in [4.78, 5) is 30.8. The Balaban J connectivity index is 1.48. The Morgan fingerprint density at radius 2 is 2.08 bits per heavy atom. The van der Waals surface area contributed by atoms with Crippen LogP contribution in [0.15, 0.2) is 48.5 Å². The first kappa shape index (κ1) is 16.1. The minimum absolute atomic E-state index is 0.0771. The molecule has 3 aromatic rings. The van der Waals surface area contributed by atoms with Gasteiger partial charge in [-0.15, -0.1) is 0 Å². The normalized spacial score (nSPS) is 17.2. The van der Waals surface area contributed by atoms with E-state index in [-0.39, 0.29) is 18.2 Å². The number of carbonyl (C=O) groups is 2. The maximum absolute atomic E-state index is 12.5. The van der Waals surface area contributed by atoms with Gasteiger partial charge >= 0.3 is 0 Å². The van der Waals surface area contributed by atoms with E-state index >= 15 is 0 Å². The number of benzene rings is 2. The Morgan fingerprint density at radius 1 is 1.24 bits per heavy atom. The maximum atomic E-state index is 12.5. The number of amides is 2. The molecule has 1 atom stereocenters. The zero-order chi connectivity index (χ0) is 17.4. The minimum atomic E-state index is -0.404. The molecule has 1 saturated heterocycles. The van der Waals surface area contributed by atoms with Crippen LogP contribution in [0, 0.1) is 5.92 Å². The number of halogens is 1. The van der Waals surface area contributed by atoms with Crippen LogP contribution in [-0.4, -0.2) is 23.3 Å². The fourth-order valence-corrected chi connectivity index (χ4v) is 3.96. The molecule has 25 heavy (non-hydrogen) atoms. The first-order valence-electron chi connectivity index (χ1n) is 7.82. The second-order valence-corrected chi connectivity index (χ2v) is 7.33. The molecule has 0 radical (unpaired) electrons. The van der Waals surface area contributed by atoms with E-state index in [1.165, 1.54) is 11.3 Å². The van der Waals surface area contributed by atoms with E-state index in [9.17, 15) is 9.59 Å². The monoisotopic (exact) mass is 371 g/mol. The van der Waals surface area contributed by atoms with Crippen molar-refractivity contribution in [1.29, 1.82) is 0 Å². The first-order chi connectivity index (χ1) is 12.1. The van der Waals surface area contributed by atoms with Crippen molar-refractivity contribution >= 4 is 55.8 Å². The van der Waals surface area contributed by atoms with Gasteiger partial charge in [0.25, 0.3) is 0 Å². The van der Waals surface area contributed by atoms with Gasteiger partial charge in [0.15, 0.2) is 5.13 Å². The average Bonchev–Trinajstić information content (AvgIpc) is 3.17. The smallest absolute Gasteiger partial charge is 0.231 e. The van der Waals surface area contributed by atoms with E-state index in [1.54, 1.807) is 23.1 Å². The highest BCUT2D eigenvalue weighted by Gasteiger charge is 2.35. The van der Waals surface area contributed by atoms with E-state index in [0.29, 0.717) is 22.4 Å². The van der Waals surface area contributed by atoms with Gasteiger partial charge in [-0.25, -0.2) is 4.98 Å². The molecule has 0 spiro atoms. The minimum Gasteiger partial charge on any atom is -0.312 e. The first-order valence-corrected chi connectivity index (χ1v) is 9.02. The van der Waals surface area contributed by atoms with Gasteiger partial charge in [-0.3, -0.25) is 9.59 Å². The molecule has 0 bridgehead atoms. The molecule has 1 fully saturated rings. The summed E-state index contributed by atoms with van der Waals surface area (Å²) in [6.45, 7) is 0.343. The maximum Gasteiger partial charge on any atom is 0.231 e. The Labute approximate surface area is 153 Å². The van der Waals surface area contributed by atoms with Crippen LogP contribution < -0.4 is 10.2 Å². The second kappa shape index (κ2) is 6.46. The van der Waals surface area contributed by atoms with Crippen LogP contribution in [0.4, 0.5) is 10.8 Å². The largest absolute Gasteiger partial charge is 0.312 e. The van der Waals surface area contributed by atoms with Crippen molar-refractivity contribution in [1.82, 2.24) is 4.98 Å². The number of para-hydroxylation sites is 1. The van der Waals surface area contributed by atoms with Crippen LogP contribution in [0.1, 0.15) is 6.42 Å². The molecule has 1 N–H and O–H groups in total. The predicted octanol–water partition coefficient (Wildman–Crippen LogP) is 3.94. The van der Waals surface area contributed by atoms with Crippen LogP contribution in [0.2, 0.25) is 5.02 Å². The van der Waals surface area contributed by atoms with Crippen LogP contribution in [-0.2, 0) is 9.59 Å². The quantitative estimate of drug-likeness (QED) is 0.758. The van der Waals surface area contributed by atoms with Crippen molar-refractivity contribution in [2.75, 3.05) is 16.8 Å². The third kappa shape index (κ3) is 3.23. The Hall–Kier alpha value is -2.44. The summed E-state index contributed by atoms with van der Waals surface area (Å²) in [6.07, 6.45) is 0.184. The molecular weight excluding hydrogens is 358 g/mol. The van der Waals surface area contributed by atoms with Crippen molar-refractivity contribution in [3.05, 3.63) is 53.6 Å². The van der Waals surface area contributed by atoms with Crippen molar-refractivity contribution in [2.24, 2.45) is 5.92 Å². The van der Waals surface area contributed by atoms with Gasteiger partial charge in [0.2, 0.25) is 11.8 Å². The van der Waals surface area contributed by atoms with Crippen molar-refractivity contribution in [2.45, 2.75) is 6.42 Å². The number of nitrogens with zero attached hydrogens (tertiary/aromatic N) is 2. The van der Waals surface area contributed by atoms with Gasteiger partial charge in [0.1, 0.15) is 0 Å². The van der Waals surface area contributed by atoms with E-state index in [2.05, 4.69) is 10.3 Å². The molecule has 2 heterocycles. The summed E-state index contributed by atoms with van der Waals surface area (Å²) in [5.41, 5.74) is 1.57. The Morgan fingerprint density at radius 3 is 2.88 bits per heavy atom. The van der Waals surface area contributed by atoms with Gasteiger partial charge in [-0.05, 0) is 30.3 Å².